The van der Waals surface area contributed by atoms with Crippen LogP contribution in [-0.2, 0) is 0 Å². The van der Waals surface area contributed by atoms with E-state index in [9.17, 15) is 9.18 Å². The zero-order valence-corrected chi connectivity index (χ0v) is 14.1. The first-order valence-electron chi connectivity index (χ1n) is 8.01. The van der Waals surface area contributed by atoms with Crippen molar-refractivity contribution >= 4 is 17.5 Å². The molecule has 3 aromatic rings. The largest absolute Gasteiger partial charge is 0.367 e. The van der Waals surface area contributed by atoms with Gasteiger partial charge in [0.15, 0.2) is 5.82 Å². The van der Waals surface area contributed by atoms with E-state index in [0.717, 1.165) is 5.69 Å². The number of aromatic nitrogens is 4. The first-order valence-corrected chi connectivity index (χ1v) is 8.01. The molecule has 0 saturated carbocycles. The lowest BCUT2D eigenvalue weighted by molar-refractivity contribution is 0.252. The molecular weight excluding hydrogens is 337 g/mol. The second-order valence-electron chi connectivity index (χ2n) is 5.50. The summed E-state index contributed by atoms with van der Waals surface area (Å²) >= 11 is 0. The number of benzene rings is 1. The Hall–Kier alpha value is -3.49. The van der Waals surface area contributed by atoms with E-state index in [2.05, 4.69) is 31.2 Å². The van der Waals surface area contributed by atoms with Crippen molar-refractivity contribution in [1.29, 1.82) is 0 Å². The number of nitrogens with one attached hydrogen (secondary N) is 3. The van der Waals surface area contributed by atoms with Gasteiger partial charge in [0.1, 0.15) is 11.6 Å². The van der Waals surface area contributed by atoms with Crippen LogP contribution >= 0.6 is 0 Å². The summed E-state index contributed by atoms with van der Waals surface area (Å²) in [7, 11) is 0. The Morgan fingerprint density at radius 3 is 2.73 bits per heavy atom. The van der Waals surface area contributed by atoms with Gasteiger partial charge in [0.2, 0.25) is 0 Å². The minimum atomic E-state index is -0.409. The minimum Gasteiger partial charge on any atom is -0.367 e. The van der Waals surface area contributed by atoms with Crippen LogP contribution in [0.3, 0.4) is 0 Å². The molecule has 1 aromatic carbocycles. The zero-order valence-electron chi connectivity index (χ0n) is 14.1. The average molecular weight is 355 g/mol. The summed E-state index contributed by atoms with van der Waals surface area (Å²) in [6.45, 7) is 2.73. The molecule has 2 aromatic heterocycles. The lowest BCUT2D eigenvalue weighted by Gasteiger charge is -2.09. The van der Waals surface area contributed by atoms with Gasteiger partial charge in [-0.15, -0.1) is 10.2 Å². The molecule has 2 amide bonds. The van der Waals surface area contributed by atoms with Crippen LogP contribution < -0.4 is 16.0 Å². The maximum Gasteiger partial charge on any atom is 0.319 e. The number of rotatable bonds is 6. The predicted molar refractivity (Wildman–Crippen MR) is 95.8 cm³/mol. The maximum absolute atomic E-state index is 13.0. The fourth-order valence-corrected chi connectivity index (χ4v) is 2.19. The molecule has 0 radical (unpaired) electrons. The SMILES string of the molecule is Cc1ccn(-c2ccc(NCCNC(=O)Nc3cccc(F)c3)nn2)n1. The highest BCUT2D eigenvalue weighted by atomic mass is 19.1. The van der Waals surface area contributed by atoms with Crippen LogP contribution in [0.1, 0.15) is 5.69 Å². The highest BCUT2D eigenvalue weighted by Crippen LogP contribution is 2.08. The highest BCUT2D eigenvalue weighted by Gasteiger charge is 2.03. The lowest BCUT2D eigenvalue weighted by Crippen LogP contribution is -2.32. The van der Waals surface area contributed by atoms with E-state index in [1.807, 2.05) is 19.2 Å². The molecule has 3 rings (SSSR count). The van der Waals surface area contributed by atoms with E-state index in [1.54, 1.807) is 22.9 Å². The van der Waals surface area contributed by atoms with E-state index in [1.165, 1.54) is 18.2 Å². The van der Waals surface area contributed by atoms with E-state index in [4.69, 9.17) is 0 Å². The molecule has 0 saturated heterocycles. The van der Waals surface area contributed by atoms with Crippen molar-refractivity contribution in [3.05, 3.63) is 60.2 Å². The Bertz CT molecular complexity index is 879. The van der Waals surface area contributed by atoms with Crippen molar-refractivity contribution in [2.45, 2.75) is 6.92 Å². The van der Waals surface area contributed by atoms with Crippen molar-refractivity contribution in [3.63, 3.8) is 0 Å². The molecule has 0 fully saturated rings. The molecule has 26 heavy (non-hydrogen) atoms. The van der Waals surface area contributed by atoms with Crippen LogP contribution in [0.4, 0.5) is 20.7 Å². The molecule has 0 atom stereocenters. The number of aryl methyl sites for hydroxylation is 1. The first kappa shape index (κ1) is 17.3. The number of nitrogens with zero attached hydrogens (tertiary/aromatic N) is 4. The van der Waals surface area contributed by atoms with Gasteiger partial charge in [-0.3, -0.25) is 0 Å². The van der Waals surface area contributed by atoms with Crippen molar-refractivity contribution < 1.29 is 9.18 Å². The van der Waals surface area contributed by atoms with Crippen molar-refractivity contribution in [1.82, 2.24) is 25.3 Å². The van der Waals surface area contributed by atoms with Crippen molar-refractivity contribution in [3.8, 4) is 5.82 Å². The van der Waals surface area contributed by atoms with Crippen molar-refractivity contribution in [2.24, 2.45) is 0 Å². The number of urea groups is 1. The van der Waals surface area contributed by atoms with Gasteiger partial charge in [0, 0.05) is 25.0 Å². The summed E-state index contributed by atoms with van der Waals surface area (Å²) in [6, 6.07) is 10.8. The molecule has 0 aliphatic heterocycles. The van der Waals surface area contributed by atoms with Gasteiger partial charge in [-0.25, -0.2) is 13.9 Å². The fraction of sp³-hybridized carbons (Fsp3) is 0.176. The quantitative estimate of drug-likeness (QED) is 0.590. The predicted octanol–water partition coefficient (Wildman–Crippen LogP) is 2.34. The maximum atomic E-state index is 13.0. The van der Waals surface area contributed by atoms with Gasteiger partial charge in [-0.1, -0.05) is 6.07 Å². The van der Waals surface area contributed by atoms with Gasteiger partial charge in [0.25, 0.3) is 0 Å². The van der Waals surface area contributed by atoms with Crippen LogP contribution in [0, 0.1) is 12.7 Å². The molecule has 3 N–H and O–H groups in total. The third-order valence-electron chi connectivity index (χ3n) is 3.41. The smallest absolute Gasteiger partial charge is 0.319 e. The van der Waals surface area contributed by atoms with Gasteiger partial charge in [-0.2, -0.15) is 5.10 Å². The second-order valence-corrected chi connectivity index (χ2v) is 5.50. The van der Waals surface area contributed by atoms with E-state index in [0.29, 0.717) is 30.4 Å². The van der Waals surface area contributed by atoms with Crippen LogP contribution in [0.15, 0.2) is 48.7 Å². The summed E-state index contributed by atoms with van der Waals surface area (Å²) in [5.41, 5.74) is 1.29. The molecule has 9 heteroatoms. The van der Waals surface area contributed by atoms with E-state index < -0.39 is 11.8 Å². The van der Waals surface area contributed by atoms with E-state index >= 15 is 0 Å². The molecular formula is C17H18FN7O. The zero-order chi connectivity index (χ0) is 18.4. The Kier molecular flexibility index (Phi) is 5.37. The van der Waals surface area contributed by atoms with Crippen LogP contribution in [0.2, 0.25) is 0 Å². The van der Waals surface area contributed by atoms with Crippen LogP contribution in [0.25, 0.3) is 5.82 Å². The van der Waals surface area contributed by atoms with Gasteiger partial charge < -0.3 is 16.0 Å². The lowest BCUT2D eigenvalue weighted by atomic mass is 10.3. The van der Waals surface area contributed by atoms with Gasteiger partial charge in [-0.05, 0) is 43.3 Å². The van der Waals surface area contributed by atoms with Gasteiger partial charge >= 0.3 is 6.03 Å². The Labute approximate surface area is 149 Å². The summed E-state index contributed by atoms with van der Waals surface area (Å²) in [5.74, 6) is 0.804. The number of anilines is 2. The first-order chi connectivity index (χ1) is 12.6. The molecule has 0 spiro atoms. The van der Waals surface area contributed by atoms with E-state index in [-0.39, 0.29) is 0 Å². The number of carbonyl (C=O) groups excluding carboxylic acids is 1. The molecule has 0 aliphatic carbocycles. The molecule has 8 nitrogen and oxygen atoms in total. The monoisotopic (exact) mass is 355 g/mol. The highest BCUT2D eigenvalue weighted by molar-refractivity contribution is 5.89. The summed E-state index contributed by atoms with van der Waals surface area (Å²) in [6.07, 6.45) is 1.81. The minimum absolute atomic E-state index is 0.364. The molecule has 0 unspecified atom stereocenters. The molecule has 0 aliphatic rings. The standard InChI is InChI=1S/C17H18FN7O/c1-12-7-10-25(24-12)16-6-5-15(22-23-16)19-8-9-20-17(26)21-14-4-2-3-13(18)11-14/h2-7,10-11H,8-9H2,1H3,(H,19,22)(H2,20,21,26). The Morgan fingerprint density at radius 1 is 1.15 bits per heavy atom. The molecule has 134 valence electrons. The summed E-state index contributed by atoms with van der Waals surface area (Å²) in [5, 5.41) is 20.7. The van der Waals surface area contributed by atoms with Crippen LogP contribution in [-0.4, -0.2) is 39.1 Å². The summed E-state index contributed by atoms with van der Waals surface area (Å²) < 4.78 is 14.7. The molecule has 2 heterocycles. The normalized spacial score (nSPS) is 10.4. The van der Waals surface area contributed by atoms with Crippen LogP contribution in [0.5, 0.6) is 0 Å². The average Bonchev–Trinajstić information content (AvgIpc) is 3.06. The van der Waals surface area contributed by atoms with Gasteiger partial charge in [0.05, 0.1) is 5.69 Å². The van der Waals surface area contributed by atoms with Crippen molar-refractivity contribution in [2.75, 3.05) is 23.7 Å². The second kappa shape index (κ2) is 8.06. The summed E-state index contributed by atoms with van der Waals surface area (Å²) in [4.78, 5) is 11.7. The fourth-order valence-electron chi connectivity index (χ4n) is 2.19. The Morgan fingerprint density at radius 2 is 2.04 bits per heavy atom. The number of hydrogen-bond donors (Lipinski definition) is 3. The number of hydrogen-bond acceptors (Lipinski definition) is 5. The number of carbonyl (C=O) groups is 1. The third-order valence-corrected chi connectivity index (χ3v) is 3.41. The molecule has 0 bridgehead atoms. The third kappa shape index (κ3) is 4.76. The number of halogens is 1. The Balaban J connectivity index is 1.41. The number of amides is 2. The topological polar surface area (TPSA) is 96.8 Å².